The van der Waals surface area contributed by atoms with Crippen molar-refractivity contribution in [3.63, 3.8) is 0 Å². The molecule has 0 aliphatic carbocycles. The lowest BCUT2D eigenvalue weighted by Crippen LogP contribution is -2.47. The number of aromatic nitrogens is 2. The Morgan fingerprint density at radius 2 is 1.09 bits per heavy atom. The van der Waals surface area contributed by atoms with Crippen LogP contribution in [0.4, 0.5) is 9.59 Å². The highest BCUT2D eigenvalue weighted by molar-refractivity contribution is 5.84. The lowest BCUT2D eigenvalue weighted by atomic mass is 9.92. The number of hydrogen-bond acceptors (Lipinski definition) is 4. The maximum atomic E-state index is 12.2. The van der Waals surface area contributed by atoms with Gasteiger partial charge in [0.2, 0.25) is 0 Å². The van der Waals surface area contributed by atoms with E-state index in [2.05, 4.69) is 20.6 Å². The Morgan fingerprint density at radius 1 is 0.656 bits per heavy atom. The second-order valence-electron chi connectivity index (χ2n) is 8.37. The molecule has 8 heteroatoms. The fourth-order valence-corrected chi connectivity index (χ4v) is 4.95. The van der Waals surface area contributed by atoms with Crippen LogP contribution in [-0.4, -0.2) is 46.4 Å². The first-order valence-corrected chi connectivity index (χ1v) is 10.7. The van der Waals surface area contributed by atoms with E-state index in [1.807, 2.05) is 60.9 Å². The van der Waals surface area contributed by atoms with Crippen molar-refractivity contribution < 1.29 is 19.1 Å². The monoisotopic (exact) mass is 430 g/mol. The number of alkyl carbamates (subject to hydrolysis) is 2. The van der Waals surface area contributed by atoms with Crippen LogP contribution in [0, 0.1) is 0 Å². The van der Waals surface area contributed by atoms with E-state index in [4.69, 9.17) is 9.47 Å². The molecule has 0 radical (unpaired) electrons. The van der Waals surface area contributed by atoms with Crippen molar-refractivity contribution >= 4 is 34.0 Å². The molecule has 32 heavy (non-hydrogen) atoms. The number of para-hydroxylation sites is 2. The number of hydrogen-bond donors (Lipinski definition) is 4. The molecule has 0 unspecified atom stereocenters. The van der Waals surface area contributed by atoms with Gasteiger partial charge < -0.3 is 30.1 Å². The average Bonchev–Trinajstić information content (AvgIpc) is 3.56. The number of aromatic amines is 2. The van der Waals surface area contributed by atoms with Crippen LogP contribution < -0.4 is 10.6 Å². The summed E-state index contributed by atoms with van der Waals surface area (Å²) >= 11 is 0. The average molecular weight is 430 g/mol. The van der Waals surface area contributed by atoms with Crippen LogP contribution >= 0.6 is 0 Å². The minimum atomic E-state index is -0.592. The van der Waals surface area contributed by atoms with Crippen LogP contribution in [0.25, 0.3) is 21.8 Å². The largest absolute Gasteiger partial charge is 0.440 e. The second kappa shape index (κ2) is 7.33. The van der Waals surface area contributed by atoms with Gasteiger partial charge in [0.1, 0.15) is 0 Å². The van der Waals surface area contributed by atoms with E-state index in [0.717, 1.165) is 32.9 Å². The van der Waals surface area contributed by atoms with Crippen LogP contribution in [0.15, 0.2) is 60.9 Å². The molecule has 8 nitrogen and oxygen atoms in total. The molecular formula is C24H22N4O4. The summed E-state index contributed by atoms with van der Waals surface area (Å²) in [6.45, 7) is 0. The molecule has 6 rings (SSSR count). The lowest BCUT2D eigenvalue weighted by Gasteiger charge is -2.25. The first-order chi connectivity index (χ1) is 15.7. The van der Waals surface area contributed by atoms with Gasteiger partial charge in [0, 0.05) is 34.2 Å². The van der Waals surface area contributed by atoms with E-state index in [0.29, 0.717) is 12.8 Å². The molecule has 2 aliphatic rings. The van der Waals surface area contributed by atoms with Crippen LogP contribution in [0.2, 0.25) is 0 Å². The molecule has 2 amide bonds. The van der Waals surface area contributed by atoms with Gasteiger partial charge in [-0.05, 0) is 36.1 Å². The highest BCUT2D eigenvalue weighted by Crippen LogP contribution is 2.29. The molecule has 162 valence electrons. The van der Waals surface area contributed by atoms with E-state index in [1.165, 1.54) is 0 Å². The maximum absolute atomic E-state index is 12.2. The molecule has 4 atom stereocenters. The Morgan fingerprint density at radius 3 is 1.56 bits per heavy atom. The summed E-state index contributed by atoms with van der Waals surface area (Å²) in [5, 5.41) is 8.02. The van der Waals surface area contributed by atoms with Crippen molar-refractivity contribution in [2.24, 2.45) is 0 Å². The van der Waals surface area contributed by atoms with Gasteiger partial charge in [-0.15, -0.1) is 0 Å². The molecule has 2 aromatic carbocycles. The van der Waals surface area contributed by atoms with Gasteiger partial charge in [-0.1, -0.05) is 36.4 Å². The summed E-state index contributed by atoms with van der Waals surface area (Å²) in [6, 6.07) is 15.4. The van der Waals surface area contributed by atoms with E-state index in [-0.39, 0.29) is 12.1 Å². The van der Waals surface area contributed by atoms with Gasteiger partial charge in [-0.2, -0.15) is 0 Å². The number of rotatable bonds is 5. The number of cyclic esters (lactones) is 2. The minimum Gasteiger partial charge on any atom is -0.440 e. The molecule has 0 bridgehead atoms. The molecule has 0 spiro atoms. The van der Waals surface area contributed by atoms with E-state index in [1.54, 1.807) is 0 Å². The van der Waals surface area contributed by atoms with E-state index in [9.17, 15) is 9.59 Å². The lowest BCUT2D eigenvalue weighted by molar-refractivity contribution is 0.0184. The summed E-state index contributed by atoms with van der Waals surface area (Å²) in [7, 11) is 0. The molecule has 2 fully saturated rings. The Bertz CT molecular complexity index is 1220. The second-order valence-corrected chi connectivity index (χ2v) is 8.37. The quantitative estimate of drug-likeness (QED) is 0.389. The van der Waals surface area contributed by atoms with Crippen molar-refractivity contribution in [3.8, 4) is 0 Å². The summed E-state index contributed by atoms with van der Waals surface area (Å²) < 4.78 is 11.2. The number of amides is 2. The van der Waals surface area contributed by atoms with Gasteiger partial charge >= 0.3 is 12.2 Å². The van der Waals surface area contributed by atoms with Gasteiger partial charge in [-0.25, -0.2) is 9.59 Å². The number of carbonyl (C=O) groups excluding carboxylic acids is 2. The maximum Gasteiger partial charge on any atom is 0.407 e. The van der Waals surface area contributed by atoms with Crippen LogP contribution in [0.1, 0.15) is 11.1 Å². The normalized spacial score (nSPS) is 25.0. The van der Waals surface area contributed by atoms with Crippen molar-refractivity contribution in [1.29, 1.82) is 0 Å². The highest BCUT2D eigenvalue weighted by Gasteiger charge is 2.49. The summed E-state index contributed by atoms with van der Waals surface area (Å²) in [5.41, 5.74) is 4.23. The fourth-order valence-electron chi connectivity index (χ4n) is 4.95. The predicted molar refractivity (Wildman–Crippen MR) is 118 cm³/mol. The highest BCUT2D eigenvalue weighted by atomic mass is 16.6. The Labute approximate surface area is 183 Å². The van der Waals surface area contributed by atoms with Gasteiger partial charge in [0.15, 0.2) is 12.2 Å². The summed E-state index contributed by atoms with van der Waals surface area (Å²) in [6.07, 6.45) is 2.86. The first-order valence-electron chi connectivity index (χ1n) is 10.7. The molecule has 2 aliphatic heterocycles. The molecular weight excluding hydrogens is 408 g/mol. The van der Waals surface area contributed by atoms with E-state index >= 15 is 0 Å². The third-order valence-corrected chi connectivity index (χ3v) is 6.44. The third-order valence-electron chi connectivity index (χ3n) is 6.44. The zero-order valence-corrected chi connectivity index (χ0v) is 17.1. The van der Waals surface area contributed by atoms with E-state index < -0.39 is 24.4 Å². The SMILES string of the molecule is O=C1N[C@@H](Cc2c[nH]c3ccccc23)[C@H]([C@@H]2OC(=O)N[C@H]2Cc2c[nH]c3ccccc23)O1. The molecule has 2 saturated heterocycles. The number of nitrogens with one attached hydrogen (secondary N) is 4. The van der Waals surface area contributed by atoms with Crippen LogP contribution in [-0.2, 0) is 22.3 Å². The molecule has 4 heterocycles. The van der Waals surface area contributed by atoms with Crippen LogP contribution in [0.5, 0.6) is 0 Å². The smallest absolute Gasteiger partial charge is 0.407 e. The topological polar surface area (TPSA) is 108 Å². The van der Waals surface area contributed by atoms with Gasteiger partial charge in [0.25, 0.3) is 0 Å². The van der Waals surface area contributed by atoms with Crippen molar-refractivity contribution in [3.05, 3.63) is 72.1 Å². The number of fused-ring (bicyclic) bond motifs is 2. The fraction of sp³-hybridized carbons (Fsp3) is 0.250. The Hall–Kier alpha value is -3.94. The predicted octanol–water partition coefficient (Wildman–Crippen LogP) is 3.39. The first kappa shape index (κ1) is 18.8. The third kappa shape index (κ3) is 3.15. The van der Waals surface area contributed by atoms with Crippen molar-refractivity contribution in [1.82, 2.24) is 20.6 Å². The van der Waals surface area contributed by atoms with Crippen molar-refractivity contribution in [2.45, 2.75) is 37.1 Å². The minimum absolute atomic E-state index is 0.315. The Balaban J connectivity index is 1.27. The van der Waals surface area contributed by atoms with Crippen molar-refractivity contribution in [2.75, 3.05) is 0 Å². The molecule has 2 aromatic heterocycles. The molecule has 0 saturated carbocycles. The summed E-state index contributed by atoms with van der Waals surface area (Å²) in [5.74, 6) is 0. The number of H-pyrrole nitrogens is 2. The Kier molecular flexibility index (Phi) is 4.31. The van der Waals surface area contributed by atoms with Crippen LogP contribution in [0.3, 0.4) is 0 Å². The standard InChI is InChI=1S/C24H22N4O4/c29-23-27-19(9-13-11-25-17-7-3-1-5-15(13)17)21(31-23)22-20(28-24(30)32-22)10-14-12-26-18-8-4-2-6-16(14)18/h1-8,11-12,19-22,25-26H,9-10H2,(H,27,29)(H,28,30)/t19-,20-,21+,22+/m0/s1. The van der Waals surface area contributed by atoms with Gasteiger partial charge in [-0.3, -0.25) is 0 Å². The number of ether oxygens (including phenoxy) is 2. The zero-order chi connectivity index (χ0) is 21.7. The molecule has 4 aromatic rings. The van der Waals surface area contributed by atoms with Gasteiger partial charge in [0.05, 0.1) is 12.1 Å². The molecule has 4 N–H and O–H groups in total. The zero-order valence-electron chi connectivity index (χ0n) is 17.1. The number of carbonyl (C=O) groups is 2. The summed E-state index contributed by atoms with van der Waals surface area (Å²) in [4.78, 5) is 30.9. The number of benzene rings is 2.